The third-order valence-corrected chi connectivity index (χ3v) is 4.36. The van der Waals surface area contributed by atoms with Crippen LogP contribution >= 0.6 is 0 Å². The average molecular weight is 360 g/mol. The maximum Gasteiger partial charge on any atom is 0.298 e. The highest BCUT2D eigenvalue weighted by atomic mass is 16.2. The van der Waals surface area contributed by atoms with Crippen molar-refractivity contribution in [2.24, 2.45) is 0 Å². The van der Waals surface area contributed by atoms with E-state index in [1.807, 2.05) is 18.2 Å². The quantitative estimate of drug-likeness (QED) is 0.701. The molecule has 0 fully saturated rings. The first-order valence-corrected chi connectivity index (χ1v) is 8.33. The predicted octanol–water partition coefficient (Wildman–Crippen LogP) is 2.82. The molecule has 0 atom stereocenters. The summed E-state index contributed by atoms with van der Waals surface area (Å²) in [7, 11) is 3.38. The molecule has 2 amide bonds. The summed E-state index contributed by atoms with van der Waals surface area (Å²) in [6, 6.07) is 14.3. The molecule has 0 saturated heterocycles. The van der Waals surface area contributed by atoms with Crippen molar-refractivity contribution in [3.05, 3.63) is 59.7 Å². The number of ketones is 1. The lowest BCUT2D eigenvalue weighted by atomic mass is 10.0. The van der Waals surface area contributed by atoms with Crippen molar-refractivity contribution in [2.45, 2.75) is 0 Å². The summed E-state index contributed by atoms with van der Waals surface area (Å²) in [5, 5.41) is 7.07. The molecule has 7 nitrogen and oxygen atoms in total. The van der Waals surface area contributed by atoms with E-state index in [0.717, 1.165) is 0 Å². The number of pyridine rings is 1. The van der Waals surface area contributed by atoms with Crippen LogP contribution in [0.1, 0.15) is 20.7 Å². The van der Waals surface area contributed by atoms with Crippen LogP contribution in [0.25, 0.3) is 10.8 Å². The standard InChI is InChI=1S/C20H16N4O3/c1-24(2)20(27)11-6-5-7-12(10-11)21-17-14-9-4-3-8-13(14)15-16(25)19(26)23-18(15)22-17/h3-10H,1-2H3,(H2,21,22,23,25,26). The van der Waals surface area contributed by atoms with Crippen molar-refractivity contribution < 1.29 is 14.4 Å². The van der Waals surface area contributed by atoms with Gasteiger partial charge in [0.1, 0.15) is 11.6 Å². The van der Waals surface area contributed by atoms with Gasteiger partial charge in [-0.3, -0.25) is 14.4 Å². The highest BCUT2D eigenvalue weighted by molar-refractivity contribution is 6.53. The molecule has 4 rings (SSSR count). The lowest BCUT2D eigenvalue weighted by Gasteiger charge is -2.14. The van der Waals surface area contributed by atoms with Gasteiger partial charge in [-0.25, -0.2) is 4.98 Å². The summed E-state index contributed by atoms with van der Waals surface area (Å²) in [5.74, 6) is -0.638. The SMILES string of the molecule is CN(C)C(=O)c1cccc(Nc2nc3c(c4ccccc24)C(=O)C(=O)N3)c1. The summed E-state index contributed by atoms with van der Waals surface area (Å²) in [5.41, 5.74) is 1.51. The van der Waals surface area contributed by atoms with Gasteiger partial charge in [0.2, 0.25) is 0 Å². The van der Waals surface area contributed by atoms with Crippen LogP contribution in [0.4, 0.5) is 17.3 Å². The highest BCUT2D eigenvalue weighted by Crippen LogP contribution is 2.34. The Balaban J connectivity index is 1.81. The van der Waals surface area contributed by atoms with Crippen LogP contribution in [0.15, 0.2) is 48.5 Å². The predicted molar refractivity (Wildman–Crippen MR) is 102 cm³/mol. The van der Waals surface area contributed by atoms with E-state index in [1.54, 1.807) is 44.4 Å². The zero-order valence-electron chi connectivity index (χ0n) is 14.7. The second-order valence-electron chi connectivity index (χ2n) is 6.42. The molecular weight excluding hydrogens is 344 g/mol. The second kappa shape index (κ2) is 6.21. The lowest BCUT2D eigenvalue weighted by Crippen LogP contribution is -2.21. The van der Waals surface area contributed by atoms with Gasteiger partial charge in [0.05, 0.1) is 5.56 Å². The Morgan fingerprint density at radius 3 is 2.52 bits per heavy atom. The van der Waals surface area contributed by atoms with Crippen molar-refractivity contribution in [2.75, 3.05) is 24.7 Å². The van der Waals surface area contributed by atoms with Gasteiger partial charge in [-0.1, -0.05) is 30.3 Å². The molecule has 0 bridgehead atoms. The Hall–Kier alpha value is -3.74. The molecule has 1 aromatic heterocycles. The third kappa shape index (κ3) is 2.79. The molecule has 2 aromatic carbocycles. The number of rotatable bonds is 3. The van der Waals surface area contributed by atoms with Crippen LogP contribution < -0.4 is 10.6 Å². The number of hydrogen-bond donors (Lipinski definition) is 2. The van der Waals surface area contributed by atoms with E-state index in [9.17, 15) is 14.4 Å². The number of carbonyl (C=O) groups excluding carboxylic acids is 3. The molecule has 0 saturated carbocycles. The first-order chi connectivity index (χ1) is 13.0. The monoisotopic (exact) mass is 360 g/mol. The molecule has 0 spiro atoms. The first-order valence-electron chi connectivity index (χ1n) is 8.33. The van der Waals surface area contributed by atoms with E-state index in [1.165, 1.54) is 4.90 Å². The number of hydrogen-bond acceptors (Lipinski definition) is 5. The molecule has 7 heteroatoms. The van der Waals surface area contributed by atoms with Crippen LogP contribution in [0.3, 0.4) is 0 Å². The molecule has 0 aliphatic carbocycles. The summed E-state index contributed by atoms with van der Waals surface area (Å²) in [6.07, 6.45) is 0. The lowest BCUT2D eigenvalue weighted by molar-refractivity contribution is -0.112. The van der Waals surface area contributed by atoms with Gasteiger partial charge >= 0.3 is 0 Å². The van der Waals surface area contributed by atoms with E-state index < -0.39 is 11.7 Å². The van der Waals surface area contributed by atoms with E-state index in [-0.39, 0.29) is 17.3 Å². The molecule has 2 heterocycles. The van der Waals surface area contributed by atoms with E-state index in [2.05, 4.69) is 15.6 Å². The molecule has 1 aliphatic heterocycles. The topological polar surface area (TPSA) is 91.4 Å². The maximum absolute atomic E-state index is 12.2. The van der Waals surface area contributed by atoms with Crippen molar-refractivity contribution in [1.29, 1.82) is 0 Å². The highest BCUT2D eigenvalue weighted by Gasteiger charge is 2.32. The van der Waals surface area contributed by atoms with Gasteiger partial charge in [-0.15, -0.1) is 0 Å². The molecule has 3 aromatic rings. The number of amides is 2. The molecule has 0 unspecified atom stereocenters. The van der Waals surface area contributed by atoms with Crippen LogP contribution in [0.5, 0.6) is 0 Å². The number of anilines is 3. The molecular formula is C20H16N4O3. The van der Waals surface area contributed by atoms with Gasteiger partial charge in [-0.2, -0.15) is 0 Å². The van der Waals surface area contributed by atoms with Crippen molar-refractivity contribution in [3.8, 4) is 0 Å². The number of benzene rings is 2. The van der Waals surface area contributed by atoms with E-state index >= 15 is 0 Å². The summed E-state index contributed by atoms with van der Waals surface area (Å²) >= 11 is 0. The number of carbonyl (C=O) groups is 3. The van der Waals surface area contributed by atoms with Crippen LogP contribution in [-0.2, 0) is 4.79 Å². The zero-order chi connectivity index (χ0) is 19.1. The number of aromatic nitrogens is 1. The molecule has 0 radical (unpaired) electrons. The van der Waals surface area contributed by atoms with E-state index in [4.69, 9.17) is 0 Å². The largest absolute Gasteiger partial charge is 0.345 e. The van der Waals surface area contributed by atoms with Crippen molar-refractivity contribution in [3.63, 3.8) is 0 Å². The average Bonchev–Trinajstić information content (AvgIpc) is 2.95. The normalized spacial score (nSPS) is 12.7. The van der Waals surface area contributed by atoms with Crippen molar-refractivity contribution >= 4 is 45.7 Å². The fourth-order valence-electron chi connectivity index (χ4n) is 3.08. The molecule has 1 aliphatic rings. The molecule has 27 heavy (non-hydrogen) atoms. The first kappa shape index (κ1) is 16.7. The number of fused-ring (bicyclic) bond motifs is 3. The fraction of sp³-hybridized carbons (Fsp3) is 0.100. The third-order valence-electron chi connectivity index (χ3n) is 4.36. The fourth-order valence-corrected chi connectivity index (χ4v) is 3.08. The number of Topliss-reactive ketones (excluding diaryl/α,β-unsaturated/α-hetero) is 1. The minimum absolute atomic E-state index is 0.108. The Labute approximate surface area is 155 Å². The second-order valence-corrected chi connectivity index (χ2v) is 6.42. The maximum atomic E-state index is 12.2. The summed E-state index contributed by atoms with van der Waals surface area (Å²) in [6.45, 7) is 0. The van der Waals surface area contributed by atoms with Gasteiger partial charge in [0, 0.05) is 36.1 Å². The summed E-state index contributed by atoms with van der Waals surface area (Å²) < 4.78 is 0. The van der Waals surface area contributed by atoms with Crippen LogP contribution in [0, 0.1) is 0 Å². The van der Waals surface area contributed by atoms with Gasteiger partial charge in [0.25, 0.3) is 17.6 Å². The van der Waals surface area contributed by atoms with Crippen LogP contribution in [0.2, 0.25) is 0 Å². The number of nitrogens with one attached hydrogen (secondary N) is 2. The zero-order valence-corrected chi connectivity index (χ0v) is 14.7. The Morgan fingerprint density at radius 2 is 1.78 bits per heavy atom. The number of nitrogens with zero attached hydrogens (tertiary/aromatic N) is 2. The van der Waals surface area contributed by atoms with Gasteiger partial charge < -0.3 is 15.5 Å². The molecule has 2 N–H and O–H groups in total. The Bertz CT molecular complexity index is 1120. The molecule has 134 valence electrons. The Morgan fingerprint density at radius 1 is 1.04 bits per heavy atom. The van der Waals surface area contributed by atoms with Gasteiger partial charge in [0.15, 0.2) is 0 Å². The minimum atomic E-state index is -0.682. The van der Waals surface area contributed by atoms with E-state index in [0.29, 0.717) is 27.8 Å². The minimum Gasteiger partial charge on any atom is -0.345 e. The Kier molecular flexibility index (Phi) is 3.84. The van der Waals surface area contributed by atoms with Crippen molar-refractivity contribution in [1.82, 2.24) is 9.88 Å². The summed E-state index contributed by atoms with van der Waals surface area (Å²) in [4.78, 5) is 42.0. The van der Waals surface area contributed by atoms with Gasteiger partial charge in [-0.05, 0) is 18.2 Å². The van der Waals surface area contributed by atoms with Crippen LogP contribution in [-0.4, -0.2) is 41.6 Å². The smallest absolute Gasteiger partial charge is 0.298 e.